The van der Waals surface area contributed by atoms with Crippen LogP contribution in [0, 0.1) is 5.82 Å². The molecule has 0 bridgehead atoms. The molecule has 1 fully saturated rings. The highest BCUT2D eigenvalue weighted by Crippen LogP contribution is 2.45. The third kappa shape index (κ3) is 1.78. The first-order chi connectivity index (χ1) is 7.59. The summed E-state index contributed by atoms with van der Waals surface area (Å²) >= 11 is 5.83. The molecule has 0 unspecified atom stereocenters. The molecule has 1 saturated carbocycles. The molecule has 0 atom stereocenters. The van der Waals surface area contributed by atoms with Gasteiger partial charge in [0, 0.05) is 22.5 Å². The predicted molar refractivity (Wildman–Crippen MR) is 62.3 cm³/mol. The molecule has 0 aromatic heterocycles. The highest BCUT2D eigenvalue weighted by molar-refractivity contribution is 6.30. The lowest BCUT2D eigenvalue weighted by atomic mass is 9.78. The van der Waals surface area contributed by atoms with Crippen molar-refractivity contribution in [1.29, 1.82) is 0 Å². The van der Waals surface area contributed by atoms with E-state index in [9.17, 15) is 9.50 Å². The van der Waals surface area contributed by atoms with Gasteiger partial charge >= 0.3 is 0 Å². The molecule has 4 heteroatoms. The van der Waals surface area contributed by atoms with Gasteiger partial charge in [0.1, 0.15) is 0 Å². The van der Waals surface area contributed by atoms with Crippen LogP contribution in [-0.2, 0) is 5.41 Å². The summed E-state index contributed by atoms with van der Waals surface area (Å²) in [5, 5.41) is 10.1. The fourth-order valence-electron chi connectivity index (χ4n) is 2.61. The van der Waals surface area contributed by atoms with Crippen LogP contribution in [0.15, 0.2) is 12.1 Å². The SMILES string of the molecule is NCC1(c2cc(Cl)cc(F)c2O)CCCC1. The van der Waals surface area contributed by atoms with Crippen LogP contribution in [0.5, 0.6) is 5.75 Å². The second kappa shape index (κ2) is 4.22. The molecule has 2 rings (SSSR count). The molecule has 0 amide bonds. The Balaban J connectivity index is 2.53. The van der Waals surface area contributed by atoms with Crippen LogP contribution in [0.3, 0.4) is 0 Å². The zero-order valence-corrected chi connectivity index (χ0v) is 9.73. The molecular weight excluding hydrogens is 229 g/mol. The molecule has 1 aliphatic rings. The third-order valence-corrected chi connectivity index (χ3v) is 3.77. The molecule has 1 aromatic carbocycles. The molecule has 1 aliphatic carbocycles. The van der Waals surface area contributed by atoms with Crippen molar-refractivity contribution in [3.05, 3.63) is 28.5 Å². The Labute approximate surface area is 99.2 Å². The number of phenols is 1. The number of benzene rings is 1. The maximum absolute atomic E-state index is 13.4. The average Bonchev–Trinajstić information content (AvgIpc) is 2.73. The van der Waals surface area contributed by atoms with Crippen molar-refractivity contribution in [2.75, 3.05) is 6.54 Å². The van der Waals surface area contributed by atoms with Gasteiger partial charge in [-0.15, -0.1) is 0 Å². The first-order valence-electron chi connectivity index (χ1n) is 5.48. The molecule has 0 aliphatic heterocycles. The lowest BCUT2D eigenvalue weighted by molar-refractivity contribution is 0.383. The van der Waals surface area contributed by atoms with Crippen molar-refractivity contribution in [2.45, 2.75) is 31.1 Å². The average molecular weight is 244 g/mol. The van der Waals surface area contributed by atoms with E-state index in [0.29, 0.717) is 17.1 Å². The van der Waals surface area contributed by atoms with Crippen LogP contribution >= 0.6 is 11.6 Å². The lowest BCUT2D eigenvalue weighted by Crippen LogP contribution is -2.32. The van der Waals surface area contributed by atoms with Crippen molar-refractivity contribution in [1.82, 2.24) is 0 Å². The Morgan fingerprint density at radius 3 is 2.56 bits per heavy atom. The van der Waals surface area contributed by atoms with E-state index in [1.54, 1.807) is 6.07 Å². The summed E-state index contributed by atoms with van der Waals surface area (Å²) in [4.78, 5) is 0. The maximum Gasteiger partial charge on any atom is 0.166 e. The number of aromatic hydroxyl groups is 1. The fourth-order valence-corrected chi connectivity index (χ4v) is 2.81. The Morgan fingerprint density at radius 2 is 2.00 bits per heavy atom. The quantitative estimate of drug-likeness (QED) is 0.839. The molecule has 0 heterocycles. The number of rotatable bonds is 2. The van der Waals surface area contributed by atoms with E-state index in [0.717, 1.165) is 31.7 Å². The third-order valence-electron chi connectivity index (χ3n) is 3.55. The summed E-state index contributed by atoms with van der Waals surface area (Å²) in [7, 11) is 0. The van der Waals surface area contributed by atoms with Gasteiger partial charge in [0.05, 0.1) is 0 Å². The summed E-state index contributed by atoms with van der Waals surface area (Å²) < 4.78 is 13.4. The number of phenolic OH excluding ortho intramolecular Hbond substituents is 1. The molecule has 3 N–H and O–H groups in total. The van der Waals surface area contributed by atoms with E-state index in [2.05, 4.69) is 0 Å². The first kappa shape index (κ1) is 11.7. The number of hydrogen-bond donors (Lipinski definition) is 2. The Bertz CT molecular complexity index is 402. The van der Waals surface area contributed by atoms with Crippen LogP contribution in [0.2, 0.25) is 5.02 Å². The van der Waals surface area contributed by atoms with Crippen molar-refractivity contribution in [2.24, 2.45) is 5.73 Å². The van der Waals surface area contributed by atoms with Gasteiger partial charge in [-0.2, -0.15) is 0 Å². The van der Waals surface area contributed by atoms with Crippen LogP contribution in [0.4, 0.5) is 4.39 Å². The highest BCUT2D eigenvalue weighted by Gasteiger charge is 2.37. The van der Waals surface area contributed by atoms with Crippen molar-refractivity contribution in [3.63, 3.8) is 0 Å². The van der Waals surface area contributed by atoms with Gasteiger partial charge in [0.25, 0.3) is 0 Å². The Kier molecular flexibility index (Phi) is 3.08. The molecule has 16 heavy (non-hydrogen) atoms. The first-order valence-corrected chi connectivity index (χ1v) is 5.85. The van der Waals surface area contributed by atoms with Gasteiger partial charge in [-0.1, -0.05) is 24.4 Å². The summed E-state index contributed by atoms with van der Waals surface area (Å²) in [6.07, 6.45) is 3.89. The minimum absolute atomic E-state index is 0.295. The molecule has 0 spiro atoms. The number of nitrogens with two attached hydrogens (primary N) is 1. The van der Waals surface area contributed by atoms with E-state index >= 15 is 0 Å². The molecule has 88 valence electrons. The normalized spacial score (nSPS) is 18.9. The van der Waals surface area contributed by atoms with Gasteiger partial charge in [0.2, 0.25) is 0 Å². The second-order valence-electron chi connectivity index (χ2n) is 4.48. The number of halogens is 2. The van der Waals surface area contributed by atoms with E-state index < -0.39 is 5.82 Å². The predicted octanol–water partition coefficient (Wildman–Crippen LogP) is 2.96. The minimum Gasteiger partial charge on any atom is -0.505 e. The summed E-state index contributed by atoms with van der Waals surface area (Å²) in [5.74, 6) is -0.959. The van der Waals surface area contributed by atoms with Crippen LogP contribution < -0.4 is 5.73 Å². The van der Waals surface area contributed by atoms with E-state index in [1.807, 2.05) is 0 Å². The van der Waals surface area contributed by atoms with E-state index in [4.69, 9.17) is 17.3 Å². The molecule has 0 saturated heterocycles. The second-order valence-corrected chi connectivity index (χ2v) is 4.91. The molecule has 1 aromatic rings. The minimum atomic E-state index is -0.665. The largest absolute Gasteiger partial charge is 0.505 e. The van der Waals surface area contributed by atoms with Crippen LogP contribution in [-0.4, -0.2) is 11.7 Å². The van der Waals surface area contributed by atoms with Gasteiger partial charge in [0.15, 0.2) is 11.6 Å². The van der Waals surface area contributed by atoms with E-state index in [1.165, 1.54) is 0 Å². The highest BCUT2D eigenvalue weighted by atomic mass is 35.5. The zero-order chi connectivity index (χ0) is 11.8. The number of hydrogen-bond acceptors (Lipinski definition) is 2. The molecule has 2 nitrogen and oxygen atoms in total. The molecule has 0 radical (unpaired) electrons. The van der Waals surface area contributed by atoms with Crippen molar-refractivity contribution in [3.8, 4) is 5.75 Å². The molecular formula is C12H15ClFNO. The fraction of sp³-hybridized carbons (Fsp3) is 0.500. The summed E-state index contributed by atoms with van der Waals surface area (Å²) in [6, 6.07) is 2.76. The summed E-state index contributed by atoms with van der Waals surface area (Å²) in [6.45, 7) is 0.417. The maximum atomic E-state index is 13.4. The van der Waals surface area contributed by atoms with Gasteiger partial charge < -0.3 is 10.8 Å². The van der Waals surface area contributed by atoms with Crippen LogP contribution in [0.1, 0.15) is 31.2 Å². The van der Waals surface area contributed by atoms with Gasteiger partial charge in [-0.05, 0) is 25.0 Å². The van der Waals surface area contributed by atoms with Gasteiger partial charge in [-0.3, -0.25) is 0 Å². The van der Waals surface area contributed by atoms with Crippen molar-refractivity contribution >= 4 is 11.6 Å². The Hall–Kier alpha value is -0.800. The van der Waals surface area contributed by atoms with Crippen LogP contribution in [0.25, 0.3) is 0 Å². The smallest absolute Gasteiger partial charge is 0.166 e. The Morgan fingerprint density at radius 1 is 1.38 bits per heavy atom. The zero-order valence-electron chi connectivity index (χ0n) is 8.97. The van der Waals surface area contributed by atoms with Gasteiger partial charge in [-0.25, -0.2) is 4.39 Å². The monoisotopic (exact) mass is 243 g/mol. The van der Waals surface area contributed by atoms with E-state index in [-0.39, 0.29) is 11.2 Å². The summed E-state index contributed by atoms with van der Waals surface area (Å²) in [5.41, 5.74) is 6.06. The lowest BCUT2D eigenvalue weighted by Gasteiger charge is -2.28. The standard InChI is InChI=1S/C12H15ClFNO/c13-8-5-9(11(16)10(14)6-8)12(7-15)3-1-2-4-12/h5-6,16H,1-4,7,15H2. The topological polar surface area (TPSA) is 46.2 Å². The van der Waals surface area contributed by atoms with Crippen molar-refractivity contribution < 1.29 is 9.50 Å².